The number of rotatable bonds is 8. The Morgan fingerprint density at radius 3 is 2.19 bits per heavy atom. The van der Waals surface area contributed by atoms with E-state index in [-0.39, 0.29) is 22.1 Å². The van der Waals surface area contributed by atoms with E-state index in [0.29, 0.717) is 18.0 Å². The zero-order valence-electron chi connectivity index (χ0n) is 16.5. The molecule has 2 amide bonds. The molecule has 0 saturated carbocycles. The van der Waals surface area contributed by atoms with Crippen LogP contribution in [-0.2, 0) is 21.1 Å². The van der Waals surface area contributed by atoms with Crippen molar-refractivity contribution in [2.45, 2.75) is 11.3 Å². The lowest BCUT2D eigenvalue weighted by Gasteiger charge is -2.12. The highest BCUT2D eigenvalue weighted by atomic mass is 35.5. The molecular weight excluding hydrogens is 436 g/mol. The number of amides is 2. The number of sulfone groups is 1. The summed E-state index contributed by atoms with van der Waals surface area (Å²) in [5.74, 6) is -1.84. The lowest BCUT2D eigenvalue weighted by Crippen LogP contribution is -2.28. The zero-order valence-corrected chi connectivity index (χ0v) is 18.1. The number of carbonyl (C=O) groups is 2. The summed E-state index contributed by atoms with van der Waals surface area (Å²) in [6.07, 6.45) is 0.667. The summed E-state index contributed by atoms with van der Waals surface area (Å²) >= 11 is 5.78. The SMILES string of the molecule is O=C(CS(=O)(=O)c1ccc(Cl)cc1)Nc1ccccc1C(=O)NCCc1ccccc1. The number of nitrogens with one attached hydrogen (secondary N) is 2. The largest absolute Gasteiger partial charge is 0.352 e. The highest BCUT2D eigenvalue weighted by Crippen LogP contribution is 2.18. The first-order chi connectivity index (χ1) is 14.8. The van der Waals surface area contributed by atoms with Crippen LogP contribution in [0.4, 0.5) is 5.69 Å². The second-order valence-corrected chi connectivity index (χ2v) is 9.22. The smallest absolute Gasteiger partial charge is 0.253 e. The molecule has 0 aliphatic rings. The third-order valence-electron chi connectivity index (χ3n) is 4.48. The molecule has 0 unspecified atom stereocenters. The van der Waals surface area contributed by atoms with Crippen molar-refractivity contribution in [1.82, 2.24) is 5.32 Å². The van der Waals surface area contributed by atoms with E-state index >= 15 is 0 Å². The molecule has 0 saturated heterocycles. The fourth-order valence-electron chi connectivity index (χ4n) is 2.93. The third kappa shape index (κ3) is 6.41. The monoisotopic (exact) mass is 456 g/mol. The van der Waals surface area contributed by atoms with Crippen molar-refractivity contribution in [2.24, 2.45) is 0 Å². The molecule has 0 spiro atoms. The minimum absolute atomic E-state index is 0.000935. The van der Waals surface area contributed by atoms with Gasteiger partial charge in [0, 0.05) is 11.6 Å². The van der Waals surface area contributed by atoms with Crippen LogP contribution in [0.3, 0.4) is 0 Å². The van der Waals surface area contributed by atoms with Crippen LogP contribution >= 0.6 is 11.6 Å². The Morgan fingerprint density at radius 1 is 0.839 bits per heavy atom. The molecule has 0 aliphatic carbocycles. The zero-order chi connectivity index (χ0) is 22.3. The molecule has 2 N–H and O–H groups in total. The van der Waals surface area contributed by atoms with Crippen LogP contribution in [0.1, 0.15) is 15.9 Å². The van der Waals surface area contributed by atoms with Crippen LogP contribution in [0.2, 0.25) is 5.02 Å². The second kappa shape index (κ2) is 10.2. The fraction of sp³-hybridized carbons (Fsp3) is 0.130. The Morgan fingerprint density at radius 2 is 1.48 bits per heavy atom. The number of hydrogen-bond acceptors (Lipinski definition) is 4. The van der Waals surface area contributed by atoms with E-state index in [4.69, 9.17) is 11.6 Å². The normalized spacial score (nSPS) is 11.0. The van der Waals surface area contributed by atoms with Crippen molar-refractivity contribution in [3.05, 3.63) is 95.0 Å². The molecule has 0 heterocycles. The summed E-state index contributed by atoms with van der Waals surface area (Å²) in [6.45, 7) is 0.427. The summed E-state index contributed by atoms with van der Waals surface area (Å²) in [5, 5.41) is 5.75. The van der Waals surface area contributed by atoms with Crippen LogP contribution in [0.25, 0.3) is 0 Å². The van der Waals surface area contributed by atoms with Gasteiger partial charge in [-0.2, -0.15) is 0 Å². The van der Waals surface area contributed by atoms with Crippen LogP contribution in [0, 0.1) is 0 Å². The van der Waals surface area contributed by atoms with Crippen molar-refractivity contribution in [2.75, 3.05) is 17.6 Å². The average Bonchev–Trinajstić information content (AvgIpc) is 2.74. The first-order valence-corrected chi connectivity index (χ1v) is 11.6. The minimum atomic E-state index is -3.85. The molecule has 3 aromatic rings. The van der Waals surface area contributed by atoms with E-state index in [9.17, 15) is 18.0 Å². The molecule has 0 radical (unpaired) electrons. The molecule has 0 atom stereocenters. The molecule has 3 rings (SSSR count). The predicted octanol–water partition coefficient (Wildman–Crippen LogP) is 3.72. The summed E-state index contributed by atoms with van der Waals surface area (Å²) in [4.78, 5) is 25.0. The molecular formula is C23H21ClN2O4S. The standard InChI is InChI=1S/C23H21ClN2O4S/c24-18-10-12-19(13-11-18)31(29,30)16-22(27)26-21-9-5-4-8-20(21)23(28)25-15-14-17-6-2-1-3-7-17/h1-13H,14-16H2,(H,25,28)(H,26,27). The summed E-state index contributed by atoms with van der Waals surface area (Å²) in [7, 11) is -3.85. The van der Waals surface area contributed by atoms with Gasteiger partial charge >= 0.3 is 0 Å². The number of para-hydroxylation sites is 1. The molecule has 31 heavy (non-hydrogen) atoms. The molecule has 0 aromatic heterocycles. The Bertz CT molecular complexity index is 1160. The lowest BCUT2D eigenvalue weighted by molar-refractivity contribution is -0.113. The van der Waals surface area contributed by atoms with Crippen molar-refractivity contribution in [1.29, 1.82) is 0 Å². The minimum Gasteiger partial charge on any atom is -0.352 e. The first kappa shape index (κ1) is 22.5. The maximum absolute atomic E-state index is 12.6. The second-order valence-electron chi connectivity index (χ2n) is 6.80. The quantitative estimate of drug-likeness (QED) is 0.540. The van der Waals surface area contributed by atoms with E-state index in [1.165, 1.54) is 24.3 Å². The maximum atomic E-state index is 12.6. The Hall–Kier alpha value is -3.16. The van der Waals surface area contributed by atoms with Crippen LogP contribution < -0.4 is 10.6 Å². The molecule has 8 heteroatoms. The van der Waals surface area contributed by atoms with Gasteiger partial charge in [-0.1, -0.05) is 54.1 Å². The first-order valence-electron chi connectivity index (χ1n) is 9.54. The van der Waals surface area contributed by atoms with Crippen LogP contribution in [-0.4, -0.2) is 32.5 Å². The van der Waals surface area contributed by atoms with Gasteiger partial charge in [0.05, 0.1) is 16.1 Å². The highest BCUT2D eigenvalue weighted by Gasteiger charge is 2.21. The van der Waals surface area contributed by atoms with Gasteiger partial charge in [-0.25, -0.2) is 8.42 Å². The van der Waals surface area contributed by atoms with Gasteiger partial charge in [0.1, 0.15) is 5.75 Å². The Balaban J connectivity index is 1.63. The van der Waals surface area contributed by atoms with Crippen molar-refractivity contribution in [3.63, 3.8) is 0 Å². The molecule has 160 valence electrons. The molecule has 0 fully saturated rings. The molecule has 0 aliphatic heterocycles. The summed E-state index contributed by atoms with van der Waals surface area (Å²) < 4.78 is 24.9. The molecule has 6 nitrogen and oxygen atoms in total. The number of hydrogen-bond donors (Lipinski definition) is 2. The fourth-order valence-corrected chi connectivity index (χ4v) is 4.20. The number of carbonyl (C=O) groups excluding carboxylic acids is 2. The van der Waals surface area contributed by atoms with E-state index < -0.39 is 21.5 Å². The van der Waals surface area contributed by atoms with Gasteiger partial charge in [-0.05, 0) is 48.4 Å². The Labute approximate surface area is 186 Å². The highest BCUT2D eigenvalue weighted by molar-refractivity contribution is 7.92. The summed E-state index contributed by atoms with van der Waals surface area (Å²) in [5.41, 5.74) is 1.60. The van der Waals surface area contributed by atoms with Gasteiger partial charge in [-0.15, -0.1) is 0 Å². The van der Waals surface area contributed by atoms with E-state index in [1.807, 2.05) is 30.3 Å². The number of anilines is 1. The van der Waals surface area contributed by atoms with Gasteiger partial charge in [0.15, 0.2) is 9.84 Å². The lowest BCUT2D eigenvalue weighted by atomic mass is 10.1. The van der Waals surface area contributed by atoms with Crippen molar-refractivity contribution >= 4 is 38.9 Å². The molecule has 0 bridgehead atoms. The van der Waals surface area contributed by atoms with E-state index in [0.717, 1.165) is 5.56 Å². The Kier molecular flexibility index (Phi) is 7.44. The average molecular weight is 457 g/mol. The summed E-state index contributed by atoms with van der Waals surface area (Å²) in [6, 6.07) is 21.8. The van der Waals surface area contributed by atoms with Crippen molar-refractivity contribution in [3.8, 4) is 0 Å². The van der Waals surface area contributed by atoms with Crippen LogP contribution in [0.15, 0.2) is 83.8 Å². The number of halogens is 1. The predicted molar refractivity (Wildman–Crippen MR) is 121 cm³/mol. The van der Waals surface area contributed by atoms with E-state index in [1.54, 1.807) is 24.3 Å². The van der Waals surface area contributed by atoms with Crippen LogP contribution in [0.5, 0.6) is 0 Å². The van der Waals surface area contributed by atoms with Gasteiger partial charge in [0.2, 0.25) is 5.91 Å². The van der Waals surface area contributed by atoms with E-state index in [2.05, 4.69) is 10.6 Å². The van der Waals surface area contributed by atoms with Gasteiger partial charge < -0.3 is 10.6 Å². The topological polar surface area (TPSA) is 92.3 Å². The number of benzene rings is 3. The maximum Gasteiger partial charge on any atom is 0.253 e. The third-order valence-corrected chi connectivity index (χ3v) is 6.37. The van der Waals surface area contributed by atoms with Crippen molar-refractivity contribution < 1.29 is 18.0 Å². The van der Waals surface area contributed by atoms with Gasteiger partial charge in [0.25, 0.3) is 5.91 Å². The van der Waals surface area contributed by atoms with Gasteiger partial charge in [-0.3, -0.25) is 9.59 Å². The molecule has 3 aromatic carbocycles.